The zero-order valence-electron chi connectivity index (χ0n) is 10.5. The number of rotatable bonds is 4. The lowest BCUT2D eigenvalue weighted by Gasteiger charge is -2.06. The van der Waals surface area contributed by atoms with Crippen LogP contribution in [0.25, 0.3) is 11.3 Å². The molecule has 1 aromatic heterocycles. The fourth-order valence-electron chi connectivity index (χ4n) is 1.91. The van der Waals surface area contributed by atoms with Crippen LogP contribution in [0.2, 0.25) is 0 Å². The van der Waals surface area contributed by atoms with E-state index in [-0.39, 0.29) is 5.82 Å². The number of aromatic amines is 1. The molecule has 0 aliphatic heterocycles. The summed E-state index contributed by atoms with van der Waals surface area (Å²) in [6.45, 7) is 2.42. The second kappa shape index (κ2) is 5.18. The first-order chi connectivity index (χ1) is 8.65. The van der Waals surface area contributed by atoms with Crippen LogP contribution in [-0.2, 0) is 6.42 Å². The third kappa shape index (κ3) is 2.36. The second-order valence-electron chi connectivity index (χ2n) is 4.04. The van der Waals surface area contributed by atoms with Crippen molar-refractivity contribution in [2.45, 2.75) is 13.3 Å². The molecule has 0 unspecified atom stereocenters. The van der Waals surface area contributed by atoms with Crippen molar-refractivity contribution in [3.05, 3.63) is 35.5 Å². The SMILES string of the molecule is COc1ccc(F)cc1-c1nc(CCN)[nH]c1C. The van der Waals surface area contributed by atoms with E-state index >= 15 is 0 Å². The fourth-order valence-corrected chi connectivity index (χ4v) is 1.91. The molecule has 0 bridgehead atoms. The summed E-state index contributed by atoms with van der Waals surface area (Å²) in [5.41, 5.74) is 7.72. The second-order valence-corrected chi connectivity index (χ2v) is 4.04. The molecule has 0 saturated heterocycles. The largest absolute Gasteiger partial charge is 0.496 e. The molecule has 18 heavy (non-hydrogen) atoms. The van der Waals surface area contributed by atoms with Gasteiger partial charge >= 0.3 is 0 Å². The maximum Gasteiger partial charge on any atom is 0.128 e. The summed E-state index contributed by atoms with van der Waals surface area (Å²) in [6, 6.07) is 4.39. The molecule has 1 aromatic carbocycles. The summed E-state index contributed by atoms with van der Waals surface area (Å²) in [5.74, 6) is 1.09. The molecule has 2 rings (SSSR count). The van der Waals surface area contributed by atoms with Gasteiger partial charge < -0.3 is 15.5 Å². The van der Waals surface area contributed by atoms with Crippen molar-refractivity contribution in [1.82, 2.24) is 9.97 Å². The number of nitrogens with zero attached hydrogens (tertiary/aromatic N) is 1. The lowest BCUT2D eigenvalue weighted by Crippen LogP contribution is -2.03. The average Bonchev–Trinajstić information content (AvgIpc) is 2.70. The van der Waals surface area contributed by atoms with Crippen LogP contribution in [0.4, 0.5) is 4.39 Å². The summed E-state index contributed by atoms with van der Waals surface area (Å²) >= 11 is 0. The van der Waals surface area contributed by atoms with Crippen LogP contribution in [0.3, 0.4) is 0 Å². The van der Waals surface area contributed by atoms with Crippen molar-refractivity contribution >= 4 is 0 Å². The van der Waals surface area contributed by atoms with Gasteiger partial charge in [0.05, 0.1) is 12.8 Å². The molecular formula is C13H16FN3O. The topological polar surface area (TPSA) is 63.9 Å². The molecule has 0 fully saturated rings. The minimum absolute atomic E-state index is 0.312. The van der Waals surface area contributed by atoms with E-state index < -0.39 is 0 Å². The number of nitrogens with one attached hydrogen (secondary N) is 1. The van der Waals surface area contributed by atoms with Gasteiger partial charge in [-0.3, -0.25) is 0 Å². The maximum absolute atomic E-state index is 13.3. The number of hydrogen-bond donors (Lipinski definition) is 2. The highest BCUT2D eigenvalue weighted by Crippen LogP contribution is 2.31. The van der Waals surface area contributed by atoms with E-state index in [1.54, 1.807) is 13.2 Å². The number of methoxy groups -OCH3 is 1. The highest BCUT2D eigenvalue weighted by atomic mass is 19.1. The number of nitrogens with two attached hydrogens (primary N) is 1. The van der Waals surface area contributed by atoms with Crippen molar-refractivity contribution in [3.8, 4) is 17.0 Å². The van der Waals surface area contributed by atoms with Gasteiger partial charge in [0, 0.05) is 17.7 Å². The van der Waals surface area contributed by atoms with E-state index in [1.807, 2.05) is 6.92 Å². The Balaban J connectivity index is 2.50. The van der Waals surface area contributed by atoms with Gasteiger partial charge in [-0.15, -0.1) is 0 Å². The standard InChI is InChI=1S/C13H16FN3O/c1-8-13(17-12(16-8)5-6-15)10-7-9(14)3-4-11(10)18-2/h3-4,7H,5-6,15H2,1-2H3,(H,16,17). The van der Waals surface area contributed by atoms with Gasteiger partial charge in [0.1, 0.15) is 17.4 Å². The van der Waals surface area contributed by atoms with Gasteiger partial charge in [0.25, 0.3) is 0 Å². The Kier molecular flexibility index (Phi) is 3.62. The van der Waals surface area contributed by atoms with Gasteiger partial charge in [-0.1, -0.05) is 0 Å². The smallest absolute Gasteiger partial charge is 0.128 e. The summed E-state index contributed by atoms with van der Waals surface area (Å²) < 4.78 is 18.6. The molecule has 0 spiro atoms. The van der Waals surface area contributed by atoms with Crippen LogP contribution < -0.4 is 10.5 Å². The number of benzene rings is 1. The molecule has 96 valence electrons. The fraction of sp³-hybridized carbons (Fsp3) is 0.308. The van der Waals surface area contributed by atoms with Crippen LogP contribution in [0.1, 0.15) is 11.5 Å². The van der Waals surface area contributed by atoms with Gasteiger partial charge in [-0.25, -0.2) is 9.37 Å². The Bertz CT molecular complexity index is 551. The number of hydrogen-bond acceptors (Lipinski definition) is 3. The molecule has 0 saturated carbocycles. The molecule has 5 heteroatoms. The van der Waals surface area contributed by atoms with Crippen LogP contribution in [-0.4, -0.2) is 23.6 Å². The molecule has 0 radical (unpaired) electrons. The molecule has 3 N–H and O–H groups in total. The molecule has 1 heterocycles. The van der Waals surface area contributed by atoms with Crippen LogP contribution in [0, 0.1) is 12.7 Å². The molecule has 4 nitrogen and oxygen atoms in total. The van der Waals surface area contributed by atoms with Crippen molar-refractivity contribution in [3.63, 3.8) is 0 Å². The normalized spacial score (nSPS) is 10.7. The van der Waals surface area contributed by atoms with E-state index in [2.05, 4.69) is 9.97 Å². The van der Waals surface area contributed by atoms with Crippen LogP contribution in [0.15, 0.2) is 18.2 Å². The average molecular weight is 249 g/mol. The van der Waals surface area contributed by atoms with E-state index in [1.165, 1.54) is 12.1 Å². The van der Waals surface area contributed by atoms with E-state index in [0.717, 1.165) is 11.5 Å². The van der Waals surface area contributed by atoms with E-state index in [4.69, 9.17) is 10.5 Å². The Hall–Kier alpha value is -1.88. The number of imidazole rings is 1. The third-order valence-electron chi connectivity index (χ3n) is 2.73. The van der Waals surface area contributed by atoms with Gasteiger partial charge in [0.2, 0.25) is 0 Å². The number of aryl methyl sites for hydroxylation is 1. The van der Waals surface area contributed by atoms with Crippen molar-refractivity contribution in [2.24, 2.45) is 5.73 Å². The number of halogens is 1. The van der Waals surface area contributed by atoms with Crippen molar-refractivity contribution in [1.29, 1.82) is 0 Å². The first kappa shape index (κ1) is 12.6. The van der Waals surface area contributed by atoms with Gasteiger partial charge in [-0.05, 0) is 31.7 Å². The summed E-state index contributed by atoms with van der Waals surface area (Å²) in [5, 5.41) is 0. The molecule has 0 atom stereocenters. The minimum Gasteiger partial charge on any atom is -0.496 e. The lowest BCUT2D eigenvalue weighted by atomic mass is 10.1. The molecule has 0 aliphatic carbocycles. The Morgan fingerprint density at radius 1 is 1.44 bits per heavy atom. The van der Waals surface area contributed by atoms with Gasteiger partial charge in [0.15, 0.2) is 0 Å². The van der Waals surface area contributed by atoms with Crippen LogP contribution >= 0.6 is 0 Å². The zero-order valence-corrected chi connectivity index (χ0v) is 10.5. The predicted octanol–water partition coefficient (Wildman–Crippen LogP) is 2.03. The number of ether oxygens (including phenoxy) is 1. The number of aromatic nitrogens is 2. The van der Waals surface area contributed by atoms with E-state index in [9.17, 15) is 4.39 Å². The molecular weight excluding hydrogens is 233 g/mol. The monoisotopic (exact) mass is 249 g/mol. The lowest BCUT2D eigenvalue weighted by molar-refractivity contribution is 0.415. The highest BCUT2D eigenvalue weighted by Gasteiger charge is 2.14. The molecule has 0 amide bonds. The summed E-state index contributed by atoms with van der Waals surface area (Å²) in [7, 11) is 1.56. The Morgan fingerprint density at radius 3 is 2.89 bits per heavy atom. The minimum atomic E-state index is -0.312. The van der Waals surface area contributed by atoms with Gasteiger partial charge in [-0.2, -0.15) is 0 Å². The van der Waals surface area contributed by atoms with Crippen molar-refractivity contribution < 1.29 is 9.13 Å². The quantitative estimate of drug-likeness (QED) is 0.871. The highest BCUT2D eigenvalue weighted by molar-refractivity contribution is 5.69. The Labute approximate surface area is 105 Å². The van der Waals surface area contributed by atoms with Crippen molar-refractivity contribution in [2.75, 3.05) is 13.7 Å². The summed E-state index contributed by atoms with van der Waals surface area (Å²) in [4.78, 5) is 7.58. The van der Waals surface area contributed by atoms with E-state index in [0.29, 0.717) is 30.0 Å². The predicted molar refractivity (Wildman–Crippen MR) is 68.0 cm³/mol. The first-order valence-electron chi connectivity index (χ1n) is 5.75. The number of H-pyrrole nitrogens is 1. The Morgan fingerprint density at radius 2 is 2.22 bits per heavy atom. The third-order valence-corrected chi connectivity index (χ3v) is 2.73. The van der Waals surface area contributed by atoms with Crippen LogP contribution in [0.5, 0.6) is 5.75 Å². The summed E-state index contributed by atoms with van der Waals surface area (Å²) in [6.07, 6.45) is 0.665. The molecule has 2 aromatic rings. The molecule has 0 aliphatic rings. The maximum atomic E-state index is 13.3. The zero-order chi connectivity index (χ0) is 13.1. The first-order valence-corrected chi connectivity index (χ1v) is 5.75.